The van der Waals surface area contributed by atoms with Crippen molar-refractivity contribution in [2.24, 2.45) is 5.18 Å². The van der Waals surface area contributed by atoms with Crippen molar-refractivity contribution >= 4 is 0 Å². The summed E-state index contributed by atoms with van der Waals surface area (Å²) >= 11 is 0. The molecule has 0 aliphatic heterocycles. The number of nitrogens with one attached hydrogen (secondary N) is 1. The number of unbranched alkanes of at least 4 members (excludes halogenated alkanes) is 15. The summed E-state index contributed by atoms with van der Waals surface area (Å²) < 4.78 is 0. The molecule has 0 aliphatic rings. The molecule has 0 saturated carbocycles. The summed E-state index contributed by atoms with van der Waals surface area (Å²) in [5.74, 6) is 0. The molecule has 0 amide bonds. The van der Waals surface area contributed by atoms with Crippen molar-refractivity contribution in [2.75, 3.05) is 6.54 Å². The van der Waals surface area contributed by atoms with Gasteiger partial charge in [-0.2, -0.15) is 0 Å². The Morgan fingerprint density at radius 1 is 0.750 bits per heavy atom. The SMILES string of the molecule is C=CC(N=O)NCCCCCCCCCCCCCCCCCC. The molecule has 0 aromatic carbocycles. The molecule has 1 atom stereocenters. The summed E-state index contributed by atoms with van der Waals surface area (Å²) in [6.07, 6.45) is 23.3. The van der Waals surface area contributed by atoms with Gasteiger partial charge in [-0.25, -0.2) is 0 Å². The van der Waals surface area contributed by atoms with Gasteiger partial charge in [0.15, 0.2) is 6.17 Å². The van der Waals surface area contributed by atoms with E-state index in [0.717, 1.165) is 13.0 Å². The van der Waals surface area contributed by atoms with E-state index in [4.69, 9.17) is 0 Å². The highest BCUT2D eigenvalue weighted by Gasteiger charge is 2.00. The standard InChI is InChI=1S/C21H42N2O/c1-3-5-6-7-8-9-10-11-12-13-14-15-16-17-18-19-20-22-21(4-2)23-24/h4,21-22H,2-3,5-20H2,1H3. The maximum Gasteiger partial charge on any atom is 0.160 e. The molecule has 0 heterocycles. The predicted octanol–water partition coefficient (Wildman–Crippen LogP) is 7.12. The molecule has 3 heteroatoms. The van der Waals surface area contributed by atoms with Crippen molar-refractivity contribution in [1.29, 1.82) is 0 Å². The quantitative estimate of drug-likeness (QED) is 0.146. The van der Waals surface area contributed by atoms with Crippen LogP contribution in [0, 0.1) is 4.91 Å². The number of nitroso groups, excluding NO2 is 1. The average Bonchev–Trinajstić information content (AvgIpc) is 2.61. The highest BCUT2D eigenvalue weighted by Crippen LogP contribution is 2.13. The largest absolute Gasteiger partial charge is 0.290 e. The summed E-state index contributed by atoms with van der Waals surface area (Å²) in [4.78, 5) is 10.4. The van der Waals surface area contributed by atoms with Crippen molar-refractivity contribution in [3.8, 4) is 0 Å². The Bertz CT molecular complexity index is 261. The van der Waals surface area contributed by atoms with E-state index in [9.17, 15) is 4.91 Å². The number of nitrogens with zero attached hydrogens (tertiary/aromatic N) is 1. The number of hydrogen-bond acceptors (Lipinski definition) is 3. The fraction of sp³-hybridized carbons (Fsp3) is 0.905. The lowest BCUT2D eigenvalue weighted by Gasteiger charge is -2.06. The van der Waals surface area contributed by atoms with Crippen LogP contribution in [0.25, 0.3) is 0 Å². The minimum Gasteiger partial charge on any atom is -0.290 e. The van der Waals surface area contributed by atoms with Crippen LogP contribution < -0.4 is 5.32 Å². The van der Waals surface area contributed by atoms with Gasteiger partial charge in [-0.1, -0.05) is 110 Å². The fourth-order valence-corrected chi connectivity index (χ4v) is 3.09. The van der Waals surface area contributed by atoms with Gasteiger partial charge in [-0.05, 0) is 24.2 Å². The van der Waals surface area contributed by atoms with Gasteiger partial charge >= 0.3 is 0 Å². The molecular weight excluding hydrogens is 296 g/mol. The summed E-state index contributed by atoms with van der Waals surface area (Å²) in [6, 6.07) is 0. The monoisotopic (exact) mass is 338 g/mol. The molecule has 142 valence electrons. The summed E-state index contributed by atoms with van der Waals surface area (Å²) in [5.41, 5.74) is 0. The first-order valence-corrected chi connectivity index (χ1v) is 10.5. The lowest BCUT2D eigenvalue weighted by Crippen LogP contribution is -2.25. The van der Waals surface area contributed by atoms with Gasteiger partial charge in [-0.15, -0.1) is 4.91 Å². The lowest BCUT2D eigenvalue weighted by atomic mass is 10.0. The maximum absolute atomic E-state index is 10.4. The Morgan fingerprint density at radius 3 is 1.46 bits per heavy atom. The van der Waals surface area contributed by atoms with E-state index in [0.29, 0.717) is 0 Å². The summed E-state index contributed by atoms with van der Waals surface area (Å²) in [6.45, 7) is 6.71. The van der Waals surface area contributed by atoms with Crippen LogP contribution in [0.2, 0.25) is 0 Å². The molecule has 24 heavy (non-hydrogen) atoms. The zero-order valence-electron chi connectivity index (χ0n) is 16.2. The van der Waals surface area contributed by atoms with E-state index in [-0.39, 0.29) is 0 Å². The molecule has 0 saturated heterocycles. The van der Waals surface area contributed by atoms with Crippen LogP contribution in [0.3, 0.4) is 0 Å². The Labute approximate surface area is 151 Å². The van der Waals surface area contributed by atoms with Gasteiger partial charge < -0.3 is 0 Å². The second kappa shape index (κ2) is 20.3. The van der Waals surface area contributed by atoms with Gasteiger partial charge in [0, 0.05) is 0 Å². The molecule has 0 bridgehead atoms. The van der Waals surface area contributed by atoms with Crippen LogP contribution in [-0.2, 0) is 0 Å². The van der Waals surface area contributed by atoms with Crippen LogP contribution in [0.15, 0.2) is 17.8 Å². The van der Waals surface area contributed by atoms with Crippen LogP contribution >= 0.6 is 0 Å². The maximum atomic E-state index is 10.4. The van der Waals surface area contributed by atoms with Gasteiger partial charge in [-0.3, -0.25) is 5.32 Å². The topological polar surface area (TPSA) is 41.5 Å². The van der Waals surface area contributed by atoms with E-state index < -0.39 is 6.17 Å². The predicted molar refractivity (Wildman–Crippen MR) is 107 cm³/mol. The Hall–Kier alpha value is -0.700. The molecule has 0 fully saturated rings. The number of rotatable bonds is 20. The minimum absolute atomic E-state index is 0.415. The van der Waals surface area contributed by atoms with Gasteiger partial charge in [0.25, 0.3) is 0 Å². The first kappa shape index (κ1) is 23.3. The fourth-order valence-electron chi connectivity index (χ4n) is 3.09. The van der Waals surface area contributed by atoms with Gasteiger partial charge in [0.05, 0.1) is 0 Å². The first-order valence-electron chi connectivity index (χ1n) is 10.5. The Morgan fingerprint density at radius 2 is 1.12 bits per heavy atom. The van der Waals surface area contributed by atoms with Gasteiger partial charge in [0.1, 0.15) is 0 Å². The zero-order chi connectivity index (χ0) is 17.7. The van der Waals surface area contributed by atoms with E-state index >= 15 is 0 Å². The molecule has 0 aliphatic carbocycles. The van der Waals surface area contributed by atoms with Crippen molar-refractivity contribution < 1.29 is 0 Å². The molecule has 0 rings (SSSR count). The number of hydrogen-bond donors (Lipinski definition) is 1. The smallest absolute Gasteiger partial charge is 0.160 e. The second-order valence-electron chi connectivity index (χ2n) is 7.04. The van der Waals surface area contributed by atoms with Crippen LogP contribution in [-0.4, -0.2) is 12.7 Å². The highest BCUT2D eigenvalue weighted by atomic mass is 16.3. The van der Waals surface area contributed by atoms with Crippen molar-refractivity contribution in [1.82, 2.24) is 5.32 Å². The third kappa shape index (κ3) is 17.7. The van der Waals surface area contributed by atoms with Crippen molar-refractivity contribution in [3.63, 3.8) is 0 Å². The second-order valence-corrected chi connectivity index (χ2v) is 7.04. The van der Waals surface area contributed by atoms with Gasteiger partial charge in [0.2, 0.25) is 0 Å². The molecule has 3 nitrogen and oxygen atoms in total. The molecule has 0 radical (unpaired) electrons. The minimum atomic E-state index is -0.415. The first-order chi connectivity index (χ1) is 11.8. The molecular formula is C21H42N2O. The molecule has 1 unspecified atom stereocenters. The summed E-state index contributed by atoms with van der Waals surface area (Å²) in [5, 5.41) is 6.01. The third-order valence-corrected chi connectivity index (χ3v) is 4.72. The molecule has 1 N–H and O–H groups in total. The zero-order valence-corrected chi connectivity index (χ0v) is 16.2. The lowest BCUT2D eigenvalue weighted by molar-refractivity contribution is 0.520. The highest BCUT2D eigenvalue weighted by molar-refractivity contribution is 4.82. The average molecular weight is 339 g/mol. The van der Waals surface area contributed by atoms with E-state index in [1.807, 2.05) is 0 Å². The third-order valence-electron chi connectivity index (χ3n) is 4.72. The Kier molecular flexibility index (Phi) is 19.8. The summed E-state index contributed by atoms with van der Waals surface area (Å²) in [7, 11) is 0. The molecule has 0 spiro atoms. The van der Waals surface area contributed by atoms with Crippen LogP contribution in [0.5, 0.6) is 0 Å². The Balaban J connectivity index is 3.05. The van der Waals surface area contributed by atoms with E-state index in [2.05, 4.69) is 24.0 Å². The van der Waals surface area contributed by atoms with Crippen LogP contribution in [0.4, 0.5) is 0 Å². The molecule has 0 aromatic rings. The van der Waals surface area contributed by atoms with E-state index in [1.165, 1.54) is 96.3 Å². The van der Waals surface area contributed by atoms with E-state index in [1.54, 1.807) is 6.08 Å². The molecule has 0 aromatic heterocycles. The van der Waals surface area contributed by atoms with Crippen molar-refractivity contribution in [2.45, 2.75) is 116 Å². The van der Waals surface area contributed by atoms with Crippen molar-refractivity contribution in [3.05, 3.63) is 17.6 Å². The normalized spacial score (nSPS) is 12.2. The van der Waals surface area contributed by atoms with Crippen LogP contribution in [0.1, 0.15) is 110 Å².